The van der Waals surface area contributed by atoms with Gasteiger partial charge in [-0.15, -0.1) is 0 Å². The van der Waals surface area contributed by atoms with Gasteiger partial charge in [0.1, 0.15) is 5.69 Å². The summed E-state index contributed by atoms with van der Waals surface area (Å²) in [7, 11) is 0. The van der Waals surface area contributed by atoms with Crippen LogP contribution in [0.1, 0.15) is 71.9 Å². The largest absolute Gasteiger partial charge is 0.478 e. The maximum Gasteiger partial charge on any atom is 0.336 e. The topological polar surface area (TPSA) is 93.3 Å². The Morgan fingerprint density at radius 3 is 2.63 bits per heavy atom. The van der Waals surface area contributed by atoms with E-state index in [1.807, 2.05) is 6.92 Å². The van der Waals surface area contributed by atoms with Crippen molar-refractivity contribution in [2.24, 2.45) is 5.73 Å². The first-order valence-electron chi connectivity index (χ1n) is 6.51. The first-order chi connectivity index (χ1) is 8.99. The molecule has 1 unspecified atom stereocenters. The highest BCUT2D eigenvalue weighted by molar-refractivity contribution is 5.97. The van der Waals surface area contributed by atoms with Crippen molar-refractivity contribution in [1.29, 1.82) is 0 Å². The minimum absolute atomic E-state index is 0.0474. The van der Waals surface area contributed by atoms with Crippen molar-refractivity contribution < 1.29 is 14.7 Å². The fourth-order valence-corrected chi connectivity index (χ4v) is 2.20. The number of rotatable bonds is 7. The molecular weight excluding hydrogens is 244 g/mol. The van der Waals surface area contributed by atoms with E-state index in [0.717, 1.165) is 25.7 Å². The molecule has 1 amide bonds. The number of nitrogens with two attached hydrogens (primary N) is 1. The van der Waals surface area contributed by atoms with E-state index in [4.69, 9.17) is 5.73 Å². The lowest BCUT2D eigenvalue weighted by atomic mass is 9.89. The molecule has 0 spiro atoms. The van der Waals surface area contributed by atoms with Gasteiger partial charge in [-0.05, 0) is 18.4 Å². The van der Waals surface area contributed by atoms with Crippen molar-refractivity contribution in [3.8, 4) is 0 Å². The first kappa shape index (κ1) is 15.1. The summed E-state index contributed by atoms with van der Waals surface area (Å²) in [5, 5.41) is 9.21. The maximum atomic E-state index is 11.4. The molecule has 0 saturated heterocycles. The maximum absolute atomic E-state index is 11.4. The van der Waals surface area contributed by atoms with Crippen LogP contribution in [0.15, 0.2) is 12.3 Å². The monoisotopic (exact) mass is 264 g/mol. The van der Waals surface area contributed by atoms with E-state index in [0.29, 0.717) is 5.56 Å². The Morgan fingerprint density at radius 1 is 1.42 bits per heavy atom. The quantitative estimate of drug-likeness (QED) is 0.740. The fraction of sp³-hybridized carbons (Fsp3) is 0.500. The van der Waals surface area contributed by atoms with Crippen molar-refractivity contribution in [2.45, 2.75) is 45.4 Å². The SMILES string of the molecule is CCCCCC(C)c1c(C(=O)O)ccnc1C(N)=O. The molecule has 0 saturated carbocycles. The molecule has 0 fully saturated rings. The van der Waals surface area contributed by atoms with Gasteiger partial charge < -0.3 is 10.8 Å². The molecule has 0 aliphatic rings. The number of hydrogen-bond acceptors (Lipinski definition) is 3. The molecule has 5 nitrogen and oxygen atoms in total. The molecule has 0 aromatic carbocycles. The summed E-state index contributed by atoms with van der Waals surface area (Å²) in [6, 6.07) is 1.42. The van der Waals surface area contributed by atoms with Gasteiger partial charge in [0.05, 0.1) is 5.56 Å². The van der Waals surface area contributed by atoms with Gasteiger partial charge in [-0.1, -0.05) is 33.1 Å². The van der Waals surface area contributed by atoms with Crippen LogP contribution >= 0.6 is 0 Å². The van der Waals surface area contributed by atoms with Gasteiger partial charge in [-0.25, -0.2) is 4.79 Å². The lowest BCUT2D eigenvalue weighted by Gasteiger charge is -2.16. The molecule has 1 atom stereocenters. The van der Waals surface area contributed by atoms with Crippen molar-refractivity contribution in [3.05, 3.63) is 29.1 Å². The smallest absolute Gasteiger partial charge is 0.336 e. The van der Waals surface area contributed by atoms with Crippen LogP contribution in [0.4, 0.5) is 0 Å². The van der Waals surface area contributed by atoms with Crippen LogP contribution in [0.25, 0.3) is 0 Å². The lowest BCUT2D eigenvalue weighted by Crippen LogP contribution is -2.20. The van der Waals surface area contributed by atoms with Crippen LogP contribution in [-0.2, 0) is 0 Å². The van der Waals surface area contributed by atoms with Gasteiger partial charge in [0.25, 0.3) is 5.91 Å². The number of primary amides is 1. The van der Waals surface area contributed by atoms with Gasteiger partial charge in [-0.3, -0.25) is 9.78 Å². The molecule has 1 aromatic heterocycles. The minimum atomic E-state index is -1.05. The Hall–Kier alpha value is -1.91. The molecule has 19 heavy (non-hydrogen) atoms. The molecule has 0 aliphatic carbocycles. The summed E-state index contributed by atoms with van der Waals surface area (Å²) in [6.45, 7) is 4.01. The predicted molar refractivity (Wildman–Crippen MR) is 72.3 cm³/mol. The first-order valence-corrected chi connectivity index (χ1v) is 6.51. The molecule has 0 radical (unpaired) electrons. The number of hydrogen-bond donors (Lipinski definition) is 2. The Labute approximate surface area is 112 Å². The number of carbonyl (C=O) groups excluding carboxylic acids is 1. The van der Waals surface area contributed by atoms with Crippen LogP contribution in [-0.4, -0.2) is 22.0 Å². The van der Waals surface area contributed by atoms with E-state index in [2.05, 4.69) is 11.9 Å². The number of amides is 1. The standard InChI is InChI=1S/C14H20N2O3/c1-3-4-5-6-9(2)11-10(14(18)19)7-8-16-12(11)13(15)17/h7-9H,3-6H2,1-2H3,(H2,15,17)(H,18,19). The normalized spacial score (nSPS) is 12.1. The van der Waals surface area contributed by atoms with Crippen LogP contribution in [0.5, 0.6) is 0 Å². The predicted octanol–water partition coefficient (Wildman–Crippen LogP) is 2.56. The van der Waals surface area contributed by atoms with E-state index < -0.39 is 11.9 Å². The molecule has 1 heterocycles. The van der Waals surface area contributed by atoms with Gasteiger partial charge in [-0.2, -0.15) is 0 Å². The van der Waals surface area contributed by atoms with E-state index in [9.17, 15) is 14.7 Å². The minimum Gasteiger partial charge on any atom is -0.478 e. The zero-order valence-electron chi connectivity index (χ0n) is 11.3. The fourth-order valence-electron chi connectivity index (χ4n) is 2.20. The summed E-state index contributed by atoms with van der Waals surface area (Å²) >= 11 is 0. The molecule has 1 rings (SSSR count). The number of pyridine rings is 1. The summed E-state index contributed by atoms with van der Waals surface area (Å²) in [5.41, 5.74) is 5.93. The molecule has 104 valence electrons. The Bertz CT molecular complexity index is 440. The molecule has 1 aromatic rings. The number of aromatic carboxylic acids is 1. The highest BCUT2D eigenvalue weighted by Crippen LogP contribution is 2.27. The average molecular weight is 264 g/mol. The van der Waals surface area contributed by atoms with Gasteiger partial charge in [0, 0.05) is 11.8 Å². The molecule has 0 bridgehead atoms. The third-order valence-electron chi connectivity index (χ3n) is 3.19. The number of nitrogens with zero attached hydrogens (tertiary/aromatic N) is 1. The van der Waals surface area contributed by atoms with Crippen LogP contribution in [0.3, 0.4) is 0 Å². The van der Waals surface area contributed by atoms with Crippen molar-refractivity contribution >= 4 is 11.9 Å². The van der Waals surface area contributed by atoms with Gasteiger partial charge in [0.15, 0.2) is 0 Å². The third kappa shape index (κ3) is 3.77. The lowest BCUT2D eigenvalue weighted by molar-refractivity contribution is 0.0695. The van der Waals surface area contributed by atoms with E-state index in [1.54, 1.807) is 0 Å². The number of carbonyl (C=O) groups is 2. The highest BCUT2D eigenvalue weighted by Gasteiger charge is 2.22. The summed E-state index contributed by atoms with van der Waals surface area (Å²) < 4.78 is 0. The zero-order chi connectivity index (χ0) is 14.4. The van der Waals surface area contributed by atoms with Crippen LogP contribution in [0, 0.1) is 0 Å². The molecule has 3 N–H and O–H groups in total. The molecule has 0 aliphatic heterocycles. The van der Waals surface area contributed by atoms with Crippen molar-refractivity contribution in [1.82, 2.24) is 4.98 Å². The van der Waals surface area contributed by atoms with E-state index in [1.165, 1.54) is 12.3 Å². The third-order valence-corrected chi connectivity index (χ3v) is 3.19. The van der Waals surface area contributed by atoms with E-state index >= 15 is 0 Å². The second-order valence-electron chi connectivity index (χ2n) is 4.69. The van der Waals surface area contributed by atoms with Crippen LogP contribution < -0.4 is 5.73 Å². The van der Waals surface area contributed by atoms with Crippen molar-refractivity contribution in [3.63, 3.8) is 0 Å². The number of carboxylic acid groups (broad SMARTS) is 1. The second-order valence-corrected chi connectivity index (χ2v) is 4.69. The summed E-state index contributed by atoms with van der Waals surface area (Å²) in [5.74, 6) is -1.78. The Morgan fingerprint density at radius 2 is 2.11 bits per heavy atom. The van der Waals surface area contributed by atoms with E-state index in [-0.39, 0.29) is 17.2 Å². The summed E-state index contributed by atoms with van der Waals surface area (Å²) in [4.78, 5) is 26.6. The average Bonchev–Trinajstić information content (AvgIpc) is 2.37. The Balaban J connectivity index is 3.13. The number of aromatic nitrogens is 1. The number of unbranched alkanes of at least 4 members (excludes halogenated alkanes) is 2. The van der Waals surface area contributed by atoms with Crippen molar-refractivity contribution in [2.75, 3.05) is 0 Å². The van der Waals surface area contributed by atoms with Gasteiger partial charge in [0.2, 0.25) is 0 Å². The summed E-state index contributed by atoms with van der Waals surface area (Å²) in [6.07, 6.45) is 5.29. The van der Waals surface area contributed by atoms with Gasteiger partial charge >= 0.3 is 5.97 Å². The van der Waals surface area contributed by atoms with Crippen LogP contribution in [0.2, 0.25) is 0 Å². The zero-order valence-corrected chi connectivity index (χ0v) is 11.3. The highest BCUT2D eigenvalue weighted by atomic mass is 16.4. The molecule has 5 heteroatoms. The number of carboxylic acids is 1. The second kappa shape index (κ2) is 6.87. The Kier molecular flexibility index (Phi) is 5.48. The molecular formula is C14H20N2O3.